The van der Waals surface area contributed by atoms with E-state index in [0.717, 1.165) is 39.0 Å². The second-order valence-electron chi connectivity index (χ2n) is 6.53. The van der Waals surface area contributed by atoms with Crippen molar-refractivity contribution in [2.45, 2.75) is 51.6 Å². The maximum atomic E-state index is 11.6. The fourth-order valence-electron chi connectivity index (χ4n) is 4.08. The van der Waals surface area contributed by atoms with Crippen LogP contribution >= 0.6 is 0 Å². The summed E-state index contributed by atoms with van der Waals surface area (Å²) in [6.07, 6.45) is 3.43. The summed E-state index contributed by atoms with van der Waals surface area (Å²) in [5.41, 5.74) is 4.37. The Morgan fingerprint density at radius 1 is 1.38 bits per heavy atom. The van der Waals surface area contributed by atoms with Crippen LogP contribution in [0.5, 0.6) is 0 Å². The van der Waals surface area contributed by atoms with Crippen molar-refractivity contribution < 1.29 is 9.53 Å². The van der Waals surface area contributed by atoms with Crippen LogP contribution in [0.4, 0.5) is 0 Å². The quantitative estimate of drug-likeness (QED) is 0.835. The molecule has 0 N–H and O–H groups in total. The number of carbonyl (C=O) groups is 1. The van der Waals surface area contributed by atoms with E-state index in [2.05, 4.69) is 32.0 Å². The third-order valence-corrected chi connectivity index (χ3v) is 5.24. The van der Waals surface area contributed by atoms with E-state index in [9.17, 15) is 4.79 Å². The number of hydrogen-bond acceptors (Lipinski definition) is 2. The first-order chi connectivity index (χ1) is 10.1. The second-order valence-corrected chi connectivity index (χ2v) is 6.53. The Kier molecular flexibility index (Phi) is 3.78. The Hall–Kier alpha value is -1.35. The highest BCUT2D eigenvalue weighted by atomic mass is 16.5. The summed E-state index contributed by atoms with van der Waals surface area (Å²) < 4.78 is 6.01. The Labute approximate surface area is 127 Å². The second kappa shape index (κ2) is 5.45. The van der Waals surface area contributed by atoms with E-state index in [1.54, 1.807) is 6.92 Å². The van der Waals surface area contributed by atoms with E-state index < -0.39 is 0 Å². The van der Waals surface area contributed by atoms with Gasteiger partial charge in [-0.3, -0.25) is 4.79 Å². The van der Waals surface area contributed by atoms with Gasteiger partial charge in [-0.25, -0.2) is 0 Å². The summed E-state index contributed by atoms with van der Waals surface area (Å²) >= 11 is 0. The molecule has 1 aliphatic carbocycles. The molecule has 21 heavy (non-hydrogen) atoms. The predicted molar refractivity (Wildman–Crippen MR) is 83.3 cm³/mol. The fraction of sp³-hybridized carbons (Fsp3) is 0.611. The monoisotopic (exact) mass is 287 g/mol. The lowest BCUT2D eigenvalue weighted by Gasteiger charge is -2.40. The van der Waals surface area contributed by atoms with Gasteiger partial charge in [0.05, 0.1) is 6.10 Å². The van der Waals surface area contributed by atoms with Gasteiger partial charge >= 0.3 is 0 Å². The zero-order valence-corrected chi connectivity index (χ0v) is 13.3. The van der Waals surface area contributed by atoms with Crippen LogP contribution in [-0.2, 0) is 14.9 Å². The van der Waals surface area contributed by atoms with E-state index in [4.69, 9.17) is 4.74 Å². The van der Waals surface area contributed by atoms with Crippen molar-refractivity contribution in [3.05, 3.63) is 34.9 Å². The number of ether oxygens (including phenoxy) is 1. The summed E-state index contributed by atoms with van der Waals surface area (Å²) in [7, 11) is 0. The summed E-state index contributed by atoms with van der Waals surface area (Å²) in [6, 6.07) is 6.81. The molecule has 3 heteroatoms. The normalized spacial score (nSPS) is 23.4. The van der Waals surface area contributed by atoms with E-state index in [0.29, 0.717) is 0 Å². The summed E-state index contributed by atoms with van der Waals surface area (Å²) in [5.74, 6) is 0.202. The maximum absolute atomic E-state index is 11.6. The smallest absolute Gasteiger partial charge is 0.219 e. The zero-order valence-electron chi connectivity index (χ0n) is 13.3. The lowest BCUT2D eigenvalue weighted by molar-refractivity contribution is -0.130. The van der Waals surface area contributed by atoms with Gasteiger partial charge in [0.2, 0.25) is 5.91 Å². The number of nitrogens with zero attached hydrogens (tertiary/aromatic N) is 1. The van der Waals surface area contributed by atoms with Crippen LogP contribution in [0.15, 0.2) is 18.2 Å². The molecule has 0 unspecified atom stereocenters. The van der Waals surface area contributed by atoms with Crippen molar-refractivity contribution in [1.29, 1.82) is 0 Å². The molecule has 0 bridgehead atoms. The Morgan fingerprint density at radius 2 is 2.10 bits per heavy atom. The molecule has 0 aromatic heterocycles. The van der Waals surface area contributed by atoms with Gasteiger partial charge in [-0.15, -0.1) is 0 Å². The largest absolute Gasteiger partial charge is 0.374 e. The van der Waals surface area contributed by atoms with Crippen molar-refractivity contribution in [1.82, 2.24) is 4.90 Å². The predicted octanol–water partition coefficient (Wildman–Crippen LogP) is 3.36. The first kappa shape index (κ1) is 14.6. The summed E-state index contributed by atoms with van der Waals surface area (Å²) in [6.45, 7) is 8.40. The van der Waals surface area contributed by atoms with Crippen molar-refractivity contribution >= 4 is 5.91 Å². The fourth-order valence-corrected chi connectivity index (χ4v) is 4.08. The topological polar surface area (TPSA) is 29.5 Å². The molecule has 0 radical (unpaired) electrons. The van der Waals surface area contributed by atoms with Crippen LogP contribution in [0.25, 0.3) is 0 Å². The third kappa shape index (κ3) is 2.48. The number of amides is 1. The molecule has 1 spiro atoms. The third-order valence-electron chi connectivity index (χ3n) is 5.24. The van der Waals surface area contributed by atoms with Crippen LogP contribution in [0.1, 0.15) is 55.9 Å². The summed E-state index contributed by atoms with van der Waals surface area (Å²) in [4.78, 5) is 13.5. The Morgan fingerprint density at radius 3 is 2.71 bits per heavy atom. The lowest BCUT2D eigenvalue weighted by atomic mass is 9.73. The van der Waals surface area contributed by atoms with Crippen molar-refractivity contribution in [3.63, 3.8) is 0 Å². The highest BCUT2D eigenvalue weighted by Gasteiger charge is 2.46. The zero-order chi connectivity index (χ0) is 15.0. The molecule has 1 amide bonds. The molecule has 114 valence electrons. The van der Waals surface area contributed by atoms with E-state index in [1.807, 2.05) is 4.90 Å². The van der Waals surface area contributed by atoms with Gasteiger partial charge in [0.1, 0.15) is 0 Å². The molecule has 1 aromatic carbocycles. The van der Waals surface area contributed by atoms with E-state index >= 15 is 0 Å². The van der Waals surface area contributed by atoms with Crippen LogP contribution in [0.2, 0.25) is 0 Å². The van der Waals surface area contributed by atoms with Gasteiger partial charge in [0.15, 0.2) is 0 Å². The van der Waals surface area contributed by atoms with E-state index in [-0.39, 0.29) is 17.4 Å². The molecule has 1 saturated heterocycles. The number of aryl methyl sites for hydroxylation is 1. The van der Waals surface area contributed by atoms with Crippen LogP contribution in [0, 0.1) is 6.92 Å². The molecule has 1 atom stereocenters. The van der Waals surface area contributed by atoms with Gasteiger partial charge < -0.3 is 9.64 Å². The first-order valence-electron chi connectivity index (χ1n) is 8.04. The van der Waals surface area contributed by atoms with E-state index in [1.165, 1.54) is 16.7 Å². The van der Waals surface area contributed by atoms with Gasteiger partial charge in [0, 0.05) is 32.0 Å². The average Bonchev–Trinajstić information content (AvgIpc) is 2.73. The number of carbonyl (C=O) groups excluding carboxylic acids is 1. The highest BCUT2D eigenvalue weighted by molar-refractivity contribution is 5.73. The average molecular weight is 287 g/mol. The molecule has 3 rings (SSSR count). The number of hydrogen-bond donors (Lipinski definition) is 0. The highest BCUT2D eigenvalue weighted by Crippen LogP contribution is 2.52. The number of benzene rings is 1. The summed E-state index contributed by atoms with van der Waals surface area (Å²) in [5, 5.41) is 0. The van der Waals surface area contributed by atoms with Gasteiger partial charge in [-0.2, -0.15) is 0 Å². The van der Waals surface area contributed by atoms with Crippen molar-refractivity contribution in [2.24, 2.45) is 0 Å². The first-order valence-corrected chi connectivity index (χ1v) is 8.04. The standard InChI is InChI=1S/C18H25NO2/c1-4-21-17-12-18(7-9-19(10-8-18)14(3)20)16-6-5-13(2)11-15(16)17/h5-6,11,17H,4,7-10,12H2,1-3H3/t17-/m0/s1. The molecule has 1 aromatic rings. The van der Waals surface area contributed by atoms with Crippen molar-refractivity contribution in [3.8, 4) is 0 Å². The number of rotatable bonds is 2. The van der Waals surface area contributed by atoms with Crippen LogP contribution in [-0.4, -0.2) is 30.5 Å². The molecule has 0 saturated carbocycles. The molecule has 1 aliphatic heterocycles. The van der Waals surface area contributed by atoms with Crippen LogP contribution < -0.4 is 0 Å². The SMILES string of the molecule is CCO[C@H]1CC2(CCN(C(C)=O)CC2)c2ccc(C)cc21. The molecule has 3 nitrogen and oxygen atoms in total. The van der Waals surface area contributed by atoms with Gasteiger partial charge in [0.25, 0.3) is 0 Å². The Balaban J connectivity index is 1.90. The molecule has 1 fully saturated rings. The minimum atomic E-state index is 0.202. The maximum Gasteiger partial charge on any atom is 0.219 e. The van der Waals surface area contributed by atoms with Gasteiger partial charge in [-0.1, -0.05) is 23.8 Å². The number of piperidine rings is 1. The lowest BCUT2D eigenvalue weighted by Crippen LogP contribution is -2.43. The number of fused-ring (bicyclic) bond motifs is 2. The molecular formula is C18H25NO2. The van der Waals surface area contributed by atoms with Crippen LogP contribution in [0.3, 0.4) is 0 Å². The van der Waals surface area contributed by atoms with Crippen molar-refractivity contribution in [2.75, 3.05) is 19.7 Å². The minimum absolute atomic E-state index is 0.202. The molecular weight excluding hydrogens is 262 g/mol. The molecule has 2 aliphatic rings. The van der Waals surface area contributed by atoms with Gasteiger partial charge in [-0.05, 0) is 44.2 Å². The minimum Gasteiger partial charge on any atom is -0.374 e. The Bertz CT molecular complexity index is 544. The molecule has 1 heterocycles. The number of likely N-dealkylation sites (tertiary alicyclic amines) is 1.